The maximum absolute atomic E-state index is 12.3. The van der Waals surface area contributed by atoms with Gasteiger partial charge in [-0.1, -0.05) is 11.6 Å². The molecule has 3 rings (SSSR count). The molecule has 0 atom stereocenters. The fourth-order valence-corrected chi connectivity index (χ4v) is 4.07. The Balaban J connectivity index is 1.83. The summed E-state index contributed by atoms with van der Waals surface area (Å²) in [5.41, 5.74) is 1.70. The molecule has 6 nitrogen and oxygen atoms in total. The SMILES string of the molecule is Cc1nc(C)c(-c2cnc(NS(=O)(=O)c3ccc(Cl)cc3)nc2)s1. The fourth-order valence-electron chi connectivity index (χ4n) is 2.09. The Bertz CT molecular complexity index is 968. The highest BCUT2D eigenvalue weighted by Crippen LogP contribution is 2.29. The minimum absolute atomic E-state index is 0.00703. The summed E-state index contributed by atoms with van der Waals surface area (Å²) in [6.07, 6.45) is 3.15. The number of rotatable bonds is 4. The van der Waals surface area contributed by atoms with Crippen LogP contribution in [0.4, 0.5) is 5.95 Å². The van der Waals surface area contributed by atoms with Gasteiger partial charge >= 0.3 is 0 Å². The van der Waals surface area contributed by atoms with E-state index in [9.17, 15) is 8.42 Å². The number of anilines is 1. The standard InChI is InChI=1S/C15H13ClN4O2S2/c1-9-14(23-10(2)19-9)11-7-17-15(18-8-11)20-24(21,22)13-5-3-12(16)4-6-13/h3-8H,1-2H3,(H,17,18,20). The van der Waals surface area contributed by atoms with E-state index in [1.807, 2.05) is 13.8 Å². The highest BCUT2D eigenvalue weighted by Gasteiger charge is 2.16. The van der Waals surface area contributed by atoms with Crippen molar-refractivity contribution in [1.82, 2.24) is 15.0 Å². The molecule has 0 spiro atoms. The Kier molecular flexibility index (Phi) is 4.53. The fraction of sp³-hybridized carbons (Fsp3) is 0.133. The third kappa shape index (κ3) is 3.55. The summed E-state index contributed by atoms with van der Waals surface area (Å²) in [6.45, 7) is 3.84. The van der Waals surface area contributed by atoms with Gasteiger partial charge in [0.15, 0.2) is 0 Å². The molecule has 0 radical (unpaired) electrons. The molecule has 0 bridgehead atoms. The average molecular weight is 381 g/mol. The number of aromatic nitrogens is 3. The van der Waals surface area contributed by atoms with Gasteiger partial charge in [0.2, 0.25) is 5.95 Å². The molecule has 124 valence electrons. The lowest BCUT2D eigenvalue weighted by molar-refractivity contribution is 0.601. The van der Waals surface area contributed by atoms with Crippen LogP contribution in [-0.2, 0) is 10.0 Å². The molecule has 0 fully saturated rings. The molecule has 0 saturated heterocycles. The maximum atomic E-state index is 12.3. The summed E-state index contributed by atoms with van der Waals surface area (Å²) in [7, 11) is -3.76. The van der Waals surface area contributed by atoms with Crippen molar-refractivity contribution < 1.29 is 8.42 Å². The smallest absolute Gasteiger partial charge is 0.247 e. The van der Waals surface area contributed by atoms with Crippen molar-refractivity contribution in [1.29, 1.82) is 0 Å². The van der Waals surface area contributed by atoms with Gasteiger partial charge in [-0.25, -0.2) is 28.1 Å². The highest BCUT2D eigenvalue weighted by molar-refractivity contribution is 7.92. The zero-order valence-corrected chi connectivity index (χ0v) is 15.2. The van der Waals surface area contributed by atoms with E-state index in [0.29, 0.717) is 5.02 Å². The van der Waals surface area contributed by atoms with Crippen LogP contribution in [0.5, 0.6) is 0 Å². The van der Waals surface area contributed by atoms with Crippen LogP contribution in [0, 0.1) is 13.8 Å². The second-order valence-corrected chi connectivity index (χ2v) is 8.32. The number of sulfonamides is 1. The van der Waals surface area contributed by atoms with E-state index in [1.54, 1.807) is 23.7 Å². The van der Waals surface area contributed by atoms with Gasteiger partial charge in [-0.2, -0.15) is 0 Å². The molecule has 0 aliphatic rings. The Hall–Kier alpha value is -2.03. The Morgan fingerprint density at radius 2 is 1.71 bits per heavy atom. The van der Waals surface area contributed by atoms with Crippen LogP contribution in [0.1, 0.15) is 10.7 Å². The number of nitrogens with one attached hydrogen (secondary N) is 1. The Morgan fingerprint density at radius 3 is 2.25 bits per heavy atom. The molecule has 0 saturated carbocycles. The summed E-state index contributed by atoms with van der Waals surface area (Å²) >= 11 is 7.31. The molecular weight excluding hydrogens is 368 g/mol. The monoisotopic (exact) mass is 380 g/mol. The number of halogens is 1. The first kappa shape index (κ1) is 16.8. The summed E-state index contributed by atoms with van der Waals surface area (Å²) in [6, 6.07) is 5.86. The van der Waals surface area contributed by atoms with Gasteiger partial charge in [0.25, 0.3) is 10.0 Å². The Labute approximate surface area is 148 Å². The number of nitrogens with zero attached hydrogens (tertiary/aromatic N) is 3. The van der Waals surface area contributed by atoms with Crippen LogP contribution < -0.4 is 4.72 Å². The summed E-state index contributed by atoms with van der Waals surface area (Å²) < 4.78 is 26.9. The lowest BCUT2D eigenvalue weighted by Crippen LogP contribution is -2.14. The number of hydrogen-bond donors (Lipinski definition) is 1. The normalized spacial score (nSPS) is 11.5. The lowest BCUT2D eigenvalue weighted by atomic mass is 10.2. The second-order valence-electron chi connectivity index (χ2n) is 5.00. The van der Waals surface area contributed by atoms with Gasteiger partial charge in [-0.15, -0.1) is 11.3 Å². The number of benzene rings is 1. The number of thiazole rings is 1. The molecule has 1 N–H and O–H groups in total. The molecule has 3 aromatic rings. The van der Waals surface area contributed by atoms with Crippen LogP contribution in [0.15, 0.2) is 41.6 Å². The first-order valence-corrected chi connectivity index (χ1v) is 9.58. The minimum Gasteiger partial charge on any atom is -0.247 e. The largest absolute Gasteiger partial charge is 0.264 e. The summed E-state index contributed by atoms with van der Waals surface area (Å²) in [4.78, 5) is 13.6. The van der Waals surface area contributed by atoms with Gasteiger partial charge in [-0.05, 0) is 38.1 Å². The van der Waals surface area contributed by atoms with Crippen molar-refractivity contribution in [2.24, 2.45) is 0 Å². The van der Waals surface area contributed by atoms with Gasteiger partial charge in [0.1, 0.15) is 0 Å². The van der Waals surface area contributed by atoms with Crippen molar-refractivity contribution in [3.63, 3.8) is 0 Å². The zero-order valence-electron chi connectivity index (χ0n) is 12.8. The number of hydrogen-bond acceptors (Lipinski definition) is 6. The van der Waals surface area contributed by atoms with Gasteiger partial charge in [0, 0.05) is 23.0 Å². The first-order valence-electron chi connectivity index (χ1n) is 6.90. The van der Waals surface area contributed by atoms with E-state index in [4.69, 9.17) is 11.6 Å². The molecule has 0 amide bonds. The van der Waals surface area contributed by atoms with Crippen molar-refractivity contribution in [3.8, 4) is 10.4 Å². The molecule has 0 unspecified atom stereocenters. The van der Waals surface area contributed by atoms with Crippen LogP contribution in [-0.4, -0.2) is 23.4 Å². The van der Waals surface area contributed by atoms with E-state index in [2.05, 4.69) is 19.7 Å². The molecule has 9 heteroatoms. The molecule has 2 heterocycles. The second kappa shape index (κ2) is 6.46. The Morgan fingerprint density at radius 1 is 1.08 bits per heavy atom. The predicted octanol–water partition coefficient (Wildman–Crippen LogP) is 3.67. The molecule has 24 heavy (non-hydrogen) atoms. The van der Waals surface area contributed by atoms with Gasteiger partial charge < -0.3 is 0 Å². The van der Waals surface area contributed by atoms with Crippen LogP contribution >= 0.6 is 22.9 Å². The van der Waals surface area contributed by atoms with E-state index < -0.39 is 10.0 Å². The molecule has 2 aromatic heterocycles. The van der Waals surface area contributed by atoms with Gasteiger partial charge in [0.05, 0.1) is 20.5 Å². The van der Waals surface area contributed by atoms with Crippen molar-refractivity contribution in [2.45, 2.75) is 18.7 Å². The van der Waals surface area contributed by atoms with E-state index in [0.717, 1.165) is 21.1 Å². The molecule has 0 aliphatic heterocycles. The quantitative estimate of drug-likeness (QED) is 0.746. The number of aryl methyl sites for hydroxylation is 2. The zero-order chi connectivity index (χ0) is 17.3. The predicted molar refractivity (Wildman–Crippen MR) is 94.9 cm³/mol. The topological polar surface area (TPSA) is 84.8 Å². The third-order valence-electron chi connectivity index (χ3n) is 3.17. The summed E-state index contributed by atoms with van der Waals surface area (Å²) in [5, 5.41) is 1.42. The highest BCUT2D eigenvalue weighted by atomic mass is 35.5. The van der Waals surface area contributed by atoms with Crippen molar-refractivity contribution >= 4 is 38.9 Å². The lowest BCUT2D eigenvalue weighted by Gasteiger charge is -2.07. The average Bonchev–Trinajstić information content (AvgIpc) is 2.87. The van der Waals surface area contributed by atoms with Crippen LogP contribution in [0.25, 0.3) is 10.4 Å². The molecule has 0 aliphatic carbocycles. The van der Waals surface area contributed by atoms with E-state index in [-0.39, 0.29) is 10.8 Å². The third-order valence-corrected chi connectivity index (χ3v) is 5.89. The van der Waals surface area contributed by atoms with E-state index >= 15 is 0 Å². The van der Waals surface area contributed by atoms with Crippen LogP contribution in [0.3, 0.4) is 0 Å². The summed E-state index contributed by atoms with van der Waals surface area (Å²) in [5.74, 6) is 0.00703. The first-order chi connectivity index (χ1) is 11.3. The van der Waals surface area contributed by atoms with Crippen LogP contribution in [0.2, 0.25) is 5.02 Å². The minimum atomic E-state index is -3.76. The van der Waals surface area contributed by atoms with Gasteiger partial charge in [-0.3, -0.25) is 0 Å². The van der Waals surface area contributed by atoms with Crippen molar-refractivity contribution in [2.75, 3.05) is 4.72 Å². The molecule has 1 aromatic carbocycles. The molecular formula is C15H13ClN4O2S2. The van der Waals surface area contributed by atoms with E-state index in [1.165, 1.54) is 24.3 Å². The maximum Gasteiger partial charge on any atom is 0.264 e. The van der Waals surface area contributed by atoms with Crippen molar-refractivity contribution in [3.05, 3.63) is 52.4 Å².